The lowest BCUT2D eigenvalue weighted by molar-refractivity contribution is -0.142. The molecule has 30 heavy (non-hydrogen) atoms. The summed E-state index contributed by atoms with van der Waals surface area (Å²) in [5.74, 6) is -1.05. The number of carbonyl (C=O) groups is 3. The fourth-order valence-electron chi connectivity index (χ4n) is 3.10. The van der Waals surface area contributed by atoms with Crippen LogP contribution in [0.5, 0.6) is 5.75 Å². The van der Waals surface area contributed by atoms with E-state index >= 15 is 0 Å². The number of nitrogens with two attached hydrogens (primary N) is 1. The molecule has 0 radical (unpaired) electrons. The van der Waals surface area contributed by atoms with Gasteiger partial charge in [0.25, 0.3) is 11.8 Å². The molecule has 0 unspecified atom stereocenters. The number of thiophene rings is 1. The van der Waals surface area contributed by atoms with E-state index in [9.17, 15) is 14.4 Å². The first kappa shape index (κ1) is 21.3. The molecule has 1 aromatic heterocycles. The minimum absolute atomic E-state index is 0.368. The number of carbonyl (C=O) groups excluding carboxylic acids is 3. The normalized spacial score (nSPS) is 12.4. The van der Waals surface area contributed by atoms with Crippen molar-refractivity contribution >= 4 is 40.2 Å². The summed E-state index contributed by atoms with van der Waals surface area (Å²) >= 11 is 1.35. The van der Waals surface area contributed by atoms with Crippen LogP contribution in [0.1, 0.15) is 32.8 Å². The number of hydrogen-bond acceptors (Lipinski definition) is 6. The lowest BCUT2D eigenvalue weighted by atomic mass is 10.1. The molecule has 1 aliphatic carbocycles. The summed E-state index contributed by atoms with van der Waals surface area (Å²) in [6.45, 7) is 3.54. The van der Waals surface area contributed by atoms with Gasteiger partial charge >= 0.3 is 5.97 Å². The fourth-order valence-corrected chi connectivity index (χ4v) is 4.41. The van der Waals surface area contributed by atoms with Crippen LogP contribution in [0.15, 0.2) is 43.0 Å². The van der Waals surface area contributed by atoms with Crippen molar-refractivity contribution in [3.05, 3.63) is 64.6 Å². The minimum Gasteiger partial charge on any atom is -0.490 e. The van der Waals surface area contributed by atoms with Gasteiger partial charge in [-0.25, -0.2) is 4.79 Å². The second kappa shape index (κ2) is 9.89. The first-order chi connectivity index (χ1) is 14.5. The predicted molar refractivity (Wildman–Crippen MR) is 116 cm³/mol. The van der Waals surface area contributed by atoms with E-state index in [4.69, 9.17) is 15.2 Å². The largest absolute Gasteiger partial charge is 0.490 e. The Morgan fingerprint density at radius 1 is 1.20 bits per heavy atom. The Morgan fingerprint density at radius 3 is 2.67 bits per heavy atom. The highest BCUT2D eigenvalue weighted by Gasteiger charge is 2.26. The number of esters is 1. The number of aryl methyl sites for hydroxylation is 1. The lowest BCUT2D eigenvalue weighted by Gasteiger charge is -2.06. The van der Waals surface area contributed by atoms with Crippen molar-refractivity contribution in [3.63, 3.8) is 0 Å². The molecule has 0 bridgehead atoms. The van der Waals surface area contributed by atoms with E-state index in [0.29, 0.717) is 22.9 Å². The molecule has 0 fully saturated rings. The molecule has 0 saturated heterocycles. The SMILES string of the molecule is C=CCOc1ccc(/C=C/C(=O)OCC(=O)Nc2sc3c(c2C(N)=O)CCC3)cc1. The second-order valence-corrected chi connectivity index (χ2v) is 7.69. The van der Waals surface area contributed by atoms with Crippen LogP contribution in [0.25, 0.3) is 6.08 Å². The second-order valence-electron chi connectivity index (χ2n) is 6.58. The molecule has 3 N–H and O–H groups in total. The first-order valence-corrected chi connectivity index (χ1v) is 10.2. The molecule has 0 spiro atoms. The summed E-state index contributed by atoms with van der Waals surface area (Å²) in [5.41, 5.74) is 7.54. The number of ether oxygens (including phenoxy) is 2. The van der Waals surface area contributed by atoms with Gasteiger partial charge in [0, 0.05) is 11.0 Å². The molecule has 156 valence electrons. The van der Waals surface area contributed by atoms with Crippen LogP contribution < -0.4 is 15.8 Å². The Bertz CT molecular complexity index is 992. The number of nitrogens with one attached hydrogen (secondary N) is 1. The number of anilines is 1. The molecule has 8 heteroatoms. The Labute approximate surface area is 178 Å². The Morgan fingerprint density at radius 2 is 1.97 bits per heavy atom. The van der Waals surface area contributed by atoms with Gasteiger partial charge in [-0.05, 0) is 48.6 Å². The maximum Gasteiger partial charge on any atom is 0.331 e. The topological polar surface area (TPSA) is 108 Å². The van der Waals surface area contributed by atoms with Crippen LogP contribution in [0.2, 0.25) is 0 Å². The van der Waals surface area contributed by atoms with Crippen molar-refractivity contribution in [1.29, 1.82) is 0 Å². The van der Waals surface area contributed by atoms with E-state index < -0.39 is 24.4 Å². The monoisotopic (exact) mass is 426 g/mol. The van der Waals surface area contributed by atoms with Crippen LogP contribution in [0.3, 0.4) is 0 Å². The van der Waals surface area contributed by atoms with E-state index in [-0.39, 0.29) is 0 Å². The Kier molecular flexibility index (Phi) is 7.03. The number of amides is 2. The maximum atomic E-state index is 12.1. The Hall–Kier alpha value is -3.39. The molecular weight excluding hydrogens is 404 g/mol. The van der Waals surface area contributed by atoms with Gasteiger partial charge in [-0.2, -0.15) is 0 Å². The first-order valence-electron chi connectivity index (χ1n) is 9.40. The van der Waals surface area contributed by atoms with Crippen LogP contribution in [-0.4, -0.2) is 31.0 Å². The lowest BCUT2D eigenvalue weighted by Crippen LogP contribution is -2.22. The molecular formula is C22H22N2O5S. The van der Waals surface area contributed by atoms with E-state index in [1.165, 1.54) is 17.4 Å². The van der Waals surface area contributed by atoms with E-state index in [0.717, 1.165) is 35.3 Å². The molecule has 0 saturated carbocycles. The van der Waals surface area contributed by atoms with Gasteiger partial charge in [-0.3, -0.25) is 9.59 Å². The number of fused-ring (bicyclic) bond motifs is 1. The quantitative estimate of drug-likeness (QED) is 0.364. The third-order valence-corrected chi connectivity index (χ3v) is 5.63. The molecule has 3 rings (SSSR count). The summed E-state index contributed by atoms with van der Waals surface area (Å²) in [5, 5.41) is 3.05. The molecule has 7 nitrogen and oxygen atoms in total. The van der Waals surface area contributed by atoms with Crippen molar-refractivity contribution in [2.75, 3.05) is 18.5 Å². The number of benzene rings is 1. The van der Waals surface area contributed by atoms with Crippen LogP contribution in [0, 0.1) is 0 Å². The highest BCUT2D eigenvalue weighted by molar-refractivity contribution is 7.17. The zero-order valence-electron chi connectivity index (χ0n) is 16.3. The third-order valence-electron chi connectivity index (χ3n) is 4.43. The smallest absolute Gasteiger partial charge is 0.331 e. The molecule has 2 aromatic rings. The van der Waals surface area contributed by atoms with Gasteiger partial charge in [0.15, 0.2) is 6.61 Å². The van der Waals surface area contributed by atoms with E-state index in [1.54, 1.807) is 36.4 Å². The number of hydrogen-bond donors (Lipinski definition) is 2. The number of primary amides is 1. The summed E-state index contributed by atoms with van der Waals surface area (Å²) in [6.07, 6.45) is 7.09. The summed E-state index contributed by atoms with van der Waals surface area (Å²) in [6, 6.07) is 7.12. The van der Waals surface area contributed by atoms with E-state index in [1.807, 2.05) is 0 Å². The highest BCUT2D eigenvalue weighted by Crippen LogP contribution is 2.38. The average molecular weight is 426 g/mol. The standard InChI is InChI=1S/C22H22N2O5S/c1-2-12-28-15-9-6-14(7-10-15)8-11-19(26)29-13-18(25)24-22-20(21(23)27)16-4-3-5-17(16)30-22/h2,6-11H,1,3-5,12-13H2,(H2,23,27)(H,24,25)/b11-8+. The van der Waals surface area contributed by atoms with Gasteiger partial charge in [0.05, 0.1) is 5.56 Å². The van der Waals surface area contributed by atoms with Crippen molar-refractivity contribution in [1.82, 2.24) is 0 Å². The third kappa shape index (κ3) is 5.36. The van der Waals surface area contributed by atoms with Gasteiger partial charge < -0.3 is 20.5 Å². The van der Waals surface area contributed by atoms with Crippen LogP contribution in [0.4, 0.5) is 5.00 Å². The molecule has 1 aromatic carbocycles. The molecule has 1 aliphatic rings. The fraction of sp³-hybridized carbons (Fsp3) is 0.227. The van der Waals surface area contributed by atoms with Gasteiger partial charge in [0.1, 0.15) is 17.4 Å². The van der Waals surface area contributed by atoms with Crippen LogP contribution >= 0.6 is 11.3 Å². The zero-order chi connectivity index (χ0) is 21.5. The van der Waals surface area contributed by atoms with Gasteiger partial charge in [0.2, 0.25) is 0 Å². The molecule has 0 atom stereocenters. The predicted octanol–water partition coefficient (Wildman–Crippen LogP) is 3.10. The van der Waals surface area contributed by atoms with Crippen molar-refractivity contribution < 1.29 is 23.9 Å². The summed E-state index contributed by atoms with van der Waals surface area (Å²) in [4.78, 5) is 36.8. The summed E-state index contributed by atoms with van der Waals surface area (Å²) in [7, 11) is 0. The zero-order valence-corrected chi connectivity index (χ0v) is 17.1. The Balaban J connectivity index is 1.50. The maximum absolute atomic E-state index is 12.1. The van der Waals surface area contributed by atoms with Crippen LogP contribution in [-0.2, 0) is 27.2 Å². The minimum atomic E-state index is -0.652. The van der Waals surface area contributed by atoms with Gasteiger partial charge in [-0.1, -0.05) is 24.8 Å². The highest BCUT2D eigenvalue weighted by atomic mass is 32.1. The van der Waals surface area contributed by atoms with E-state index in [2.05, 4.69) is 11.9 Å². The summed E-state index contributed by atoms with van der Waals surface area (Å²) < 4.78 is 10.4. The average Bonchev–Trinajstić information content (AvgIpc) is 3.30. The van der Waals surface area contributed by atoms with Crippen molar-refractivity contribution in [2.45, 2.75) is 19.3 Å². The van der Waals surface area contributed by atoms with Crippen molar-refractivity contribution in [2.24, 2.45) is 5.73 Å². The van der Waals surface area contributed by atoms with Crippen molar-refractivity contribution in [3.8, 4) is 5.75 Å². The van der Waals surface area contributed by atoms with Gasteiger partial charge in [-0.15, -0.1) is 11.3 Å². The molecule has 1 heterocycles. The number of rotatable bonds is 9. The molecule has 0 aliphatic heterocycles. The molecule has 2 amide bonds.